The molecule has 0 radical (unpaired) electrons. The Morgan fingerprint density at radius 2 is 2.73 bits per heavy atom. The van der Waals surface area contributed by atoms with E-state index in [-0.39, 0.29) is 7.85 Å². The van der Waals surface area contributed by atoms with Gasteiger partial charge in [0.1, 0.15) is 6.04 Å². The average Bonchev–Trinajstić information content (AvgIpc) is 2.39. The van der Waals surface area contributed by atoms with Crippen LogP contribution in [0, 0.1) is 0 Å². The molecule has 0 bridgehead atoms. The van der Waals surface area contributed by atoms with Crippen LogP contribution in [0.1, 0.15) is 7.12 Å². The van der Waals surface area contributed by atoms with Crippen molar-refractivity contribution < 1.29 is 11.3 Å². The summed E-state index contributed by atoms with van der Waals surface area (Å²) in [5.41, 5.74) is 6.00. The molecule has 0 aliphatic heterocycles. The predicted molar refractivity (Wildman–Crippen MR) is 40.0 cm³/mol. The van der Waals surface area contributed by atoms with Crippen LogP contribution < -0.4 is 5.73 Å². The second-order valence-electron chi connectivity index (χ2n) is 2.23. The molecule has 0 spiro atoms. The van der Waals surface area contributed by atoms with Crippen LogP contribution >= 0.6 is 0 Å². The van der Waals surface area contributed by atoms with Crippen LogP contribution in [0.3, 0.4) is 0 Å². The van der Waals surface area contributed by atoms with Crippen LogP contribution in [0.25, 0.3) is 0 Å². The summed E-state index contributed by atoms with van der Waals surface area (Å²) in [7, 11) is 0. The van der Waals surface area contributed by atoms with Gasteiger partial charge in [-0.2, -0.15) is 0 Å². The summed E-state index contributed by atoms with van der Waals surface area (Å²) >= 11 is 0. The zero-order valence-corrected chi connectivity index (χ0v) is 5.82. The van der Waals surface area contributed by atoms with Crippen molar-refractivity contribution in [2.75, 3.05) is 0 Å². The third kappa shape index (κ3) is 2.05. The van der Waals surface area contributed by atoms with Gasteiger partial charge in [0, 0.05) is 19.7 Å². The van der Waals surface area contributed by atoms with E-state index in [1.54, 1.807) is 6.20 Å². The van der Waals surface area contributed by atoms with Crippen molar-refractivity contribution >= 4 is 5.97 Å². The molecule has 1 rings (SSSR count). The molecule has 5 heteroatoms. The van der Waals surface area contributed by atoms with Gasteiger partial charge in [-0.05, 0) is 0 Å². The van der Waals surface area contributed by atoms with E-state index in [0.717, 1.165) is 5.69 Å². The van der Waals surface area contributed by atoms with Gasteiger partial charge in [-0.25, -0.2) is 4.98 Å². The first kappa shape index (κ1) is 7.74. The lowest BCUT2D eigenvalue weighted by atomic mass is 10.2. The minimum atomic E-state index is -1.00. The van der Waals surface area contributed by atoms with Crippen molar-refractivity contribution in [2.24, 2.45) is 5.73 Å². The zero-order chi connectivity index (χ0) is 8.27. The summed E-state index contributed by atoms with van der Waals surface area (Å²) < 4.78 is 0. The van der Waals surface area contributed by atoms with E-state index in [2.05, 4.69) is 9.97 Å². The van der Waals surface area contributed by atoms with Crippen molar-refractivity contribution in [2.45, 2.75) is 12.5 Å². The summed E-state index contributed by atoms with van der Waals surface area (Å²) in [6.07, 6.45) is 3.34. The van der Waals surface area contributed by atoms with E-state index in [0.29, 0.717) is 0 Å². The Morgan fingerprint density at radius 1 is 2.00 bits per heavy atom. The predicted octanol–water partition coefficient (Wildman–Crippen LogP) is -0.390. The number of imidazole rings is 1. The van der Waals surface area contributed by atoms with Crippen molar-refractivity contribution in [3.8, 4) is 0 Å². The molecule has 0 aromatic carbocycles. The van der Waals surface area contributed by atoms with Crippen molar-refractivity contribution in [3.05, 3.63) is 18.2 Å². The van der Waals surface area contributed by atoms with Crippen molar-refractivity contribution in [3.63, 3.8) is 0 Å². The highest BCUT2D eigenvalue weighted by atomic mass is 16.4. The van der Waals surface area contributed by atoms with E-state index in [9.17, 15) is 4.79 Å². The molecular formula is C6H11N3O2. The van der Waals surface area contributed by atoms with Gasteiger partial charge in [-0.3, -0.25) is 4.79 Å². The lowest BCUT2D eigenvalue weighted by molar-refractivity contribution is -0.138. The number of nitrogens with zero attached hydrogens (tertiary/aromatic N) is 1. The smallest absolute Gasteiger partial charge is 0.320 e. The number of aromatic nitrogens is 2. The van der Waals surface area contributed by atoms with E-state index in [4.69, 9.17) is 10.8 Å². The number of nitrogens with one attached hydrogen (secondary N) is 1. The molecule has 1 heterocycles. The van der Waals surface area contributed by atoms with Gasteiger partial charge in [-0.15, -0.1) is 0 Å². The van der Waals surface area contributed by atoms with E-state index < -0.39 is 12.0 Å². The second kappa shape index (κ2) is 3.16. The van der Waals surface area contributed by atoms with E-state index >= 15 is 0 Å². The number of H-pyrrole nitrogens is 1. The van der Waals surface area contributed by atoms with Crippen LogP contribution in [0.4, 0.5) is 0 Å². The molecule has 1 atom stereocenters. The highest BCUT2D eigenvalue weighted by molar-refractivity contribution is 5.73. The van der Waals surface area contributed by atoms with Crippen LogP contribution in [-0.4, -0.2) is 27.1 Å². The van der Waals surface area contributed by atoms with E-state index in [1.165, 1.54) is 6.33 Å². The number of rotatable bonds is 3. The van der Waals surface area contributed by atoms with Gasteiger partial charge in [0.15, 0.2) is 0 Å². The lowest BCUT2D eigenvalue weighted by Gasteiger charge is -2.02. The molecule has 1 aromatic heterocycles. The zero-order valence-electron chi connectivity index (χ0n) is 5.82. The fourth-order valence-electron chi connectivity index (χ4n) is 0.721. The van der Waals surface area contributed by atoms with Gasteiger partial charge >= 0.3 is 5.97 Å². The molecule has 0 saturated carbocycles. The summed E-state index contributed by atoms with van der Waals surface area (Å²) in [6, 6.07) is -0.851. The Hall–Kier alpha value is -1.36. The number of nitrogens with two attached hydrogens (primary N) is 1. The first-order chi connectivity index (χ1) is 5.20. The number of carboxylic acids is 1. The number of aliphatic carboxylic acids is 1. The van der Waals surface area contributed by atoms with Gasteiger partial charge in [0.25, 0.3) is 0 Å². The summed E-state index contributed by atoms with van der Waals surface area (Å²) in [6.45, 7) is 0. The van der Waals surface area contributed by atoms with Gasteiger partial charge in [0.05, 0.1) is 6.33 Å². The van der Waals surface area contributed by atoms with Gasteiger partial charge < -0.3 is 15.8 Å². The number of hydrogen-bond acceptors (Lipinski definition) is 3. The molecule has 0 aliphatic rings. The summed E-state index contributed by atoms with van der Waals surface area (Å²) in [4.78, 5) is 16.8. The molecular weight excluding hydrogens is 146 g/mol. The maximum atomic E-state index is 10.3. The monoisotopic (exact) mass is 157 g/mol. The number of carboxylic acid groups (broad SMARTS) is 1. The SMILES string of the molecule is NC(Cc1cnc[nH]1)C(=O)O.[HH]. The third-order valence-corrected chi connectivity index (χ3v) is 1.31. The molecule has 1 unspecified atom stereocenters. The minimum absolute atomic E-state index is 0. The Labute approximate surface area is 64.7 Å². The quantitative estimate of drug-likeness (QED) is 0.557. The number of carbonyl (C=O) groups is 1. The molecule has 5 nitrogen and oxygen atoms in total. The Balaban J connectivity index is 0.00000121. The van der Waals surface area contributed by atoms with Crippen LogP contribution in [-0.2, 0) is 11.2 Å². The molecule has 1 aromatic rings. The Morgan fingerprint density at radius 3 is 3.18 bits per heavy atom. The minimum Gasteiger partial charge on any atom is -0.480 e. The highest BCUT2D eigenvalue weighted by Gasteiger charge is 2.11. The molecule has 0 aliphatic carbocycles. The molecule has 4 N–H and O–H groups in total. The Bertz CT molecular complexity index is 237. The second-order valence-corrected chi connectivity index (χ2v) is 2.23. The van der Waals surface area contributed by atoms with Crippen molar-refractivity contribution in [1.29, 1.82) is 0 Å². The number of hydrogen-bond donors (Lipinski definition) is 3. The largest absolute Gasteiger partial charge is 0.480 e. The standard InChI is InChI=1S/C6H9N3O2.H2/c7-5(6(10)11)1-4-2-8-3-9-4;/h2-3,5H,1,7H2,(H,8,9)(H,10,11);1H. The average molecular weight is 157 g/mol. The highest BCUT2D eigenvalue weighted by Crippen LogP contribution is 1.95. The molecule has 62 valence electrons. The van der Waals surface area contributed by atoms with Crippen LogP contribution in [0.2, 0.25) is 0 Å². The first-order valence-electron chi connectivity index (χ1n) is 3.16. The topological polar surface area (TPSA) is 92.0 Å². The van der Waals surface area contributed by atoms with Crippen LogP contribution in [0.5, 0.6) is 0 Å². The molecule has 0 saturated heterocycles. The summed E-state index contributed by atoms with van der Waals surface area (Å²) in [5, 5.41) is 8.42. The molecule has 0 amide bonds. The maximum absolute atomic E-state index is 10.3. The summed E-state index contributed by atoms with van der Waals surface area (Å²) in [5.74, 6) is -1.00. The normalized spacial score (nSPS) is 12.8. The molecule has 11 heavy (non-hydrogen) atoms. The lowest BCUT2D eigenvalue weighted by Crippen LogP contribution is -2.32. The van der Waals surface area contributed by atoms with Gasteiger partial charge in [-0.1, -0.05) is 0 Å². The fourth-order valence-corrected chi connectivity index (χ4v) is 0.721. The Kier molecular flexibility index (Phi) is 2.22. The van der Waals surface area contributed by atoms with Crippen LogP contribution in [0.15, 0.2) is 12.5 Å². The van der Waals surface area contributed by atoms with Gasteiger partial charge in [0.2, 0.25) is 0 Å². The maximum Gasteiger partial charge on any atom is 0.320 e. The third-order valence-electron chi connectivity index (χ3n) is 1.31. The molecule has 0 fully saturated rings. The van der Waals surface area contributed by atoms with Crippen molar-refractivity contribution in [1.82, 2.24) is 9.97 Å². The number of aromatic amines is 1. The van der Waals surface area contributed by atoms with E-state index in [1.807, 2.05) is 0 Å². The fraction of sp³-hybridized carbons (Fsp3) is 0.333. The first-order valence-corrected chi connectivity index (χ1v) is 3.16.